The smallest absolute Gasteiger partial charge is 0.253 e. The molecule has 0 N–H and O–H groups in total. The van der Waals surface area contributed by atoms with Crippen molar-refractivity contribution in [3.05, 3.63) is 12.2 Å². The van der Waals surface area contributed by atoms with Gasteiger partial charge in [0.15, 0.2) is 0 Å². The molecule has 1 atom stereocenters. The first-order valence-electron chi connectivity index (χ1n) is 4.56. The van der Waals surface area contributed by atoms with E-state index in [4.69, 9.17) is 0 Å². The maximum Gasteiger partial charge on any atom is 0.253 e. The van der Waals surface area contributed by atoms with Crippen LogP contribution in [-0.4, -0.2) is 23.3 Å². The van der Waals surface area contributed by atoms with E-state index in [1.54, 1.807) is 0 Å². The van der Waals surface area contributed by atoms with Crippen molar-refractivity contribution >= 4 is 11.8 Å². The van der Waals surface area contributed by atoms with Gasteiger partial charge < -0.3 is 0 Å². The minimum absolute atomic E-state index is 0.183. The van der Waals surface area contributed by atoms with Gasteiger partial charge in [0.25, 0.3) is 11.8 Å². The molecule has 0 spiro atoms. The minimum atomic E-state index is -0.183. The SMILES string of the molecule is CC(C)C(C)CN1C(=O)C=CC1=O. The van der Waals surface area contributed by atoms with Gasteiger partial charge in [-0.05, 0) is 11.8 Å². The topological polar surface area (TPSA) is 37.4 Å². The zero-order valence-corrected chi connectivity index (χ0v) is 8.28. The highest BCUT2D eigenvalue weighted by molar-refractivity contribution is 6.12. The lowest BCUT2D eigenvalue weighted by Crippen LogP contribution is -2.35. The number of hydrogen-bond donors (Lipinski definition) is 0. The summed E-state index contributed by atoms with van der Waals surface area (Å²) < 4.78 is 0. The van der Waals surface area contributed by atoms with Crippen LogP contribution in [0.25, 0.3) is 0 Å². The largest absolute Gasteiger partial charge is 0.275 e. The molecule has 0 aliphatic carbocycles. The maximum absolute atomic E-state index is 11.2. The second-order valence-corrected chi connectivity index (χ2v) is 3.84. The molecule has 72 valence electrons. The Labute approximate surface area is 78.4 Å². The van der Waals surface area contributed by atoms with E-state index in [2.05, 4.69) is 13.8 Å². The van der Waals surface area contributed by atoms with Crippen LogP contribution in [0.3, 0.4) is 0 Å². The normalized spacial score (nSPS) is 18.9. The first kappa shape index (κ1) is 9.96. The molecule has 1 rings (SSSR count). The first-order valence-corrected chi connectivity index (χ1v) is 4.56. The molecule has 0 saturated carbocycles. The van der Waals surface area contributed by atoms with Crippen LogP contribution in [0.1, 0.15) is 20.8 Å². The van der Waals surface area contributed by atoms with Crippen LogP contribution in [-0.2, 0) is 9.59 Å². The number of nitrogens with zero attached hydrogens (tertiary/aromatic N) is 1. The molecule has 0 aromatic rings. The van der Waals surface area contributed by atoms with Crippen LogP contribution >= 0.6 is 0 Å². The van der Waals surface area contributed by atoms with Gasteiger partial charge >= 0.3 is 0 Å². The van der Waals surface area contributed by atoms with Crippen molar-refractivity contribution in [1.29, 1.82) is 0 Å². The Balaban J connectivity index is 2.55. The van der Waals surface area contributed by atoms with Crippen LogP contribution < -0.4 is 0 Å². The van der Waals surface area contributed by atoms with Crippen molar-refractivity contribution in [2.24, 2.45) is 11.8 Å². The predicted octanol–water partition coefficient (Wildman–Crippen LogP) is 1.20. The van der Waals surface area contributed by atoms with Crippen molar-refractivity contribution < 1.29 is 9.59 Å². The molecule has 0 saturated heterocycles. The van der Waals surface area contributed by atoms with Gasteiger partial charge in [-0.2, -0.15) is 0 Å². The van der Waals surface area contributed by atoms with Crippen molar-refractivity contribution in [3.8, 4) is 0 Å². The van der Waals surface area contributed by atoms with Crippen LogP contribution in [0.4, 0.5) is 0 Å². The fourth-order valence-corrected chi connectivity index (χ4v) is 1.11. The number of imide groups is 1. The number of carbonyl (C=O) groups is 2. The van der Waals surface area contributed by atoms with Gasteiger partial charge in [0.1, 0.15) is 0 Å². The zero-order valence-electron chi connectivity index (χ0n) is 8.28. The highest BCUT2D eigenvalue weighted by Crippen LogP contribution is 2.14. The molecule has 0 bridgehead atoms. The van der Waals surface area contributed by atoms with Gasteiger partial charge in [0.2, 0.25) is 0 Å². The van der Waals surface area contributed by atoms with E-state index in [0.29, 0.717) is 18.4 Å². The minimum Gasteiger partial charge on any atom is -0.275 e. The zero-order chi connectivity index (χ0) is 10.0. The predicted molar refractivity (Wildman–Crippen MR) is 49.9 cm³/mol. The molecule has 0 aromatic carbocycles. The molecule has 1 unspecified atom stereocenters. The van der Waals surface area contributed by atoms with Gasteiger partial charge in [-0.3, -0.25) is 14.5 Å². The van der Waals surface area contributed by atoms with E-state index >= 15 is 0 Å². The summed E-state index contributed by atoms with van der Waals surface area (Å²) in [7, 11) is 0. The van der Waals surface area contributed by atoms with E-state index in [1.165, 1.54) is 17.1 Å². The third kappa shape index (κ3) is 2.17. The summed E-state index contributed by atoms with van der Waals surface area (Å²) >= 11 is 0. The van der Waals surface area contributed by atoms with Crippen molar-refractivity contribution in [1.82, 2.24) is 4.90 Å². The monoisotopic (exact) mass is 181 g/mol. The van der Waals surface area contributed by atoms with Crippen molar-refractivity contribution in [2.75, 3.05) is 6.54 Å². The Kier molecular flexibility index (Phi) is 2.86. The van der Waals surface area contributed by atoms with Crippen LogP contribution in [0.15, 0.2) is 12.2 Å². The summed E-state index contributed by atoms with van der Waals surface area (Å²) in [6, 6.07) is 0. The Bertz CT molecular complexity index is 238. The molecule has 0 radical (unpaired) electrons. The highest BCUT2D eigenvalue weighted by atomic mass is 16.2. The number of rotatable bonds is 3. The van der Waals surface area contributed by atoms with E-state index in [0.717, 1.165) is 0 Å². The summed E-state index contributed by atoms with van der Waals surface area (Å²) in [5, 5.41) is 0. The molecular formula is C10H15NO2. The molecule has 13 heavy (non-hydrogen) atoms. The molecule has 0 aromatic heterocycles. The fourth-order valence-electron chi connectivity index (χ4n) is 1.11. The van der Waals surface area contributed by atoms with Gasteiger partial charge in [0, 0.05) is 18.7 Å². The van der Waals surface area contributed by atoms with Crippen molar-refractivity contribution in [3.63, 3.8) is 0 Å². The Morgan fingerprint density at radius 3 is 2.00 bits per heavy atom. The molecule has 3 nitrogen and oxygen atoms in total. The number of hydrogen-bond acceptors (Lipinski definition) is 2. The first-order chi connectivity index (χ1) is 6.02. The summed E-state index contributed by atoms with van der Waals surface area (Å²) in [4.78, 5) is 23.6. The van der Waals surface area contributed by atoms with Crippen molar-refractivity contribution in [2.45, 2.75) is 20.8 Å². The summed E-state index contributed by atoms with van der Waals surface area (Å²) in [6.07, 6.45) is 2.66. The Hall–Kier alpha value is -1.12. The number of carbonyl (C=O) groups excluding carboxylic acids is 2. The average Bonchev–Trinajstić information content (AvgIpc) is 2.35. The van der Waals surface area contributed by atoms with Gasteiger partial charge in [0.05, 0.1) is 0 Å². The van der Waals surface area contributed by atoms with Gasteiger partial charge in [-0.1, -0.05) is 20.8 Å². The van der Waals surface area contributed by atoms with Gasteiger partial charge in [-0.25, -0.2) is 0 Å². The molecule has 1 aliphatic rings. The summed E-state index contributed by atoms with van der Waals surface area (Å²) in [6.45, 7) is 6.75. The Morgan fingerprint density at radius 1 is 1.15 bits per heavy atom. The van der Waals surface area contributed by atoms with Crippen LogP contribution in [0, 0.1) is 11.8 Å². The molecule has 3 heteroatoms. The standard InChI is InChI=1S/C10H15NO2/c1-7(2)8(3)6-11-9(12)4-5-10(11)13/h4-5,7-8H,6H2,1-3H3. The third-order valence-corrected chi connectivity index (χ3v) is 2.51. The highest BCUT2D eigenvalue weighted by Gasteiger charge is 2.25. The van der Waals surface area contributed by atoms with Gasteiger partial charge in [-0.15, -0.1) is 0 Å². The quantitative estimate of drug-likeness (QED) is 0.613. The molecule has 1 heterocycles. The van der Waals surface area contributed by atoms with E-state index in [9.17, 15) is 9.59 Å². The second-order valence-electron chi connectivity index (χ2n) is 3.84. The number of amides is 2. The lowest BCUT2D eigenvalue weighted by Gasteiger charge is -2.21. The Morgan fingerprint density at radius 2 is 1.62 bits per heavy atom. The van der Waals surface area contributed by atoms with Crippen LogP contribution in [0.5, 0.6) is 0 Å². The second kappa shape index (κ2) is 3.73. The summed E-state index contributed by atoms with van der Waals surface area (Å²) in [5.74, 6) is 0.476. The molecule has 0 fully saturated rings. The maximum atomic E-state index is 11.2. The molecular weight excluding hydrogens is 166 g/mol. The fraction of sp³-hybridized carbons (Fsp3) is 0.600. The molecule has 1 aliphatic heterocycles. The van der Waals surface area contributed by atoms with E-state index < -0.39 is 0 Å². The lowest BCUT2D eigenvalue weighted by molar-refractivity contribution is -0.137. The lowest BCUT2D eigenvalue weighted by atomic mass is 9.98. The average molecular weight is 181 g/mol. The molecule has 2 amide bonds. The third-order valence-electron chi connectivity index (χ3n) is 2.51. The van der Waals surface area contributed by atoms with E-state index in [-0.39, 0.29) is 11.8 Å². The summed E-state index contributed by atoms with van der Waals surface area (Å²) in [5.41, 5.74) is 0. The van der Waals surface area contributed by atoms with Crippen LogP contribution in [0.2, 0.25) is 0 Å². The van der Waals surface area contributed by atoms with E-state index in [1.807, 2.05) is 6.92 Å².